The number of benzene rings is 2. The van der Waals surface area contributed by atoms with Gasteiger partial charge in [0.2, 0.25) is 0 Å². The number of hydrogen-bond acceptors (Lipinski definition) is 4. The molecule has 6 rings (SSSR count). The zero-order valence-corrected chi connectivity index (χ0v) is 18.7. The summed E-state index contributed by atoms with van der Waals surface area (Å²) in [6.07, 6.45) is 6.96. The lowest BCUT2D eigenvalue weighted by molar-refractivity contribution is -0.177. The number of carbonyl (C=O) groups excluding carboxylic acids is 1. The molecule has 3 aliphatic heterocycles. The number of rotatable bonds is 3. The number of fused-ring (bicyclic) bond motifs is 3. The van der Waals surface area contributed by atoms with Crippen molar-refractivity contribution in [1.82, 2.24) is 9.88 Å². The van der Waals surface area contributed by atoms with Gasteiger partial charge in [-0.15, -0.1) is 0 Å². The number of esters is 1. The molecule has 1 aromatic heterocycles. The third kappa shape index (κ3) is 3.06. The number of aryl methyl sites for hydroxylation is 1. The molecule has 2 atom stereocenters. The average molecular weight is 431 g/mol. The van der Waals surface area contributed by atoms with Gasteiger partial charge < -0.3 is 14.5 Å². The third-order valence-corrected chi connectivity index (χ3v) is 7.74. The molecule has 2 saturated heterocycles. The maximum atomic E-state index is 13.2. The molecule has 32 heavy (non-hydrogen) atoms. The minimum absolute atomic E-state index is 0.156. The minimum atomic E-state index is -0.269. The predicted octanol–water partition coefficient (Wildman–Crippen LogP) is 5.36. The van der Waals surface area contributed by atoms with Crippen molar-refractivity contribution < 1.29 is 14.3 Å². The molecule has 4 heterocycles. The first-order chi connectivity index (χ1) is 15.7. The van der Waals surface area contributed by atoms with Gasteiger partial charge in [-0.3, -0.25) is 4.90 Å². The van der Waals surface area contributed by atoms with Gasteiger partial charge in [-0.25, -0.2) is 4.79 Å². The maximum absolute atomic E-state index is 13.2. The Morgan fingerprint density at radius 1 is 1.16 bits per heavy atom. The quantitative estimate of drug-likeness (QED) is 0.569. The van der Waals surface area contributed by atoms with Crippen LogP contribution in [0, 0.1) is 12.8 Å². The molecule has 3 aromatic rings. The zero-order chi connectivity index (χ0) is 21.7. The van der Waals surface area contributed by atoms with Crippen LogP contribution in [-0.4, -0.2) is 34.7 Å². The Morgan fingerprint density at radius 2 is 2.00 bits per heavy atom. The highest BCUT2D eigenvalue weighted by atomic mass is 16.5. The van der Waals surface area contributed by atoms with Crippen molar-refractivity contribution in [2.24, 2.45) is 5.92 Å². The summed E-state index contributed by atoms with van der Waals surface area (Å²) in [6, 6.07) is 14.0. The Hall–Kier alpha value is -2.79. The molecule has 0 aliphatic carbocycles. The highest BCUT2D eigenvalue weighted by Gasteiger charge is 2.52. The van der Waals surface area contributed by atoms with Crippen LogP contribution in [0.5, 0.6) is 5.75 Å². The largest absolute Gasteiger partial charge is 0.472 e. The lowest BCUT2D eigenvalue weighted by atomic mass is 9.74. The highest BCUT2D eigenvalue weighted by Crippen LogP contribution is 2.50. The lowest BCUT2D eigenvalue weighted by Gasteiger charge is -2.56. The number of hydrogen-bond donors (Lipinski definition) is 1. The lowest BCUT2D eigenvalue weighted by Crippen LogP contribution is -2.64. The fourth-order valence-corrected chi connectivity index (χ4v) is 6.26. The Balaban J connectivity index is 1.38. The molecule has 1 spiro atoms. The first kappa shape index (κ1) is 19.9. The van der Waals surface area contributed by atoms with E-state index in [2.05, 4.69) is 22.0 Å². The fraction of sp³-hybridized carbons (Fsp3) is 0.444. The van der Waals surface area contributed by atoms with Gasteiger partial charge in [0.1, 0.15) is 12.4 Å². The van der Waals surface area contributed by atoms with Crippen molar-refractivity contribution in [2.75, 3.05) is 13.1 Å². The molecule has 0 bridgehead atoms. The van der Waals surface area contributed by atoms with Gasteiger partial charge in [-0.2, -0.15) is 0 Å². The smallest absolute Gasteiger partial charge is 0.340 e. The normalized spacial score (nSPS) is 24.8. The van der Waals surface area contributed by atoms with Crippen LogP contribution in [0.4, 0.5) is 0 Å². The number of ether oxygens (including phenoxy) is 2. The molecule has 0 saturated carbocycles. The number of aromatic nitrogens is 1. The minimum Gasteiger partial charge on any atom is -0.472 e. The number of H-pyrrole nitrogens is 1. The summed E-state index contributed by atoms with van der Waals surface area (Å²) in [6.45, 7) is 4.50. The molecule has 3 aliphatic rings. The van der Waals surface area contributed by atoms with Crippen LogP contribution in [0.25, 0.3) is 10.9 Å². The predicted molar refractivity (Wildman–Crippen MR) is 124 cm³/mol. The van der Waals surface area contributed by atoms with Crippen LogP contribution < -0.4 is 4.74 Å². The SMILES string of the molecule is Cc1[nH]c2ccc3c(c2c1C(=O)OCc1ccccc1)CC1CCCN2CCCCC12O3. The average Bonchev–Trinajstić information content (AvgIpc) is 3.17. The Morgan fingerprint density at radius 3 is 2.88 bits per heavy atom. The van der Waals surface area contributed by atoms with Crippen molar-refractivity contribution in [3.8, 4) is 5.75 Å². The van der Waals surface area contributed by atoms with Crippen molar-refractivity contribution in [3.63, 3.8) is 0 Å². The van der Waals surface area contributed by atoms with Gasteiger partial charge in [0.15, 0.2) is 5.72 Å². The second-order valence-corrected chi connectivity index (χ2v) is 9.59. The van der Waals surface area contributed by atoms with E-state index in [4.69, 9.17) is 9.47 Å². The molecular weight excluding hydrogens is 400 g/mol. The van der Waals surface area contributed by atoms with Crippen LogP contribution in [-0.2, 0) is 17.8 Å². The van der Waals surface area contributed by atoms with Crippen molar-refractivity contribution in [3.05, 3.63) is 64.8 Å². The first-order valence-corrected chi connectivity index (χ1v) is 11.9. The second-order valence-electron chi connectivity index (χ2n) is 9.59. The van der Waals surface area contributed by atoms with Gasteiger partial charge in [0.05, 0.1) is 5.56 Å². The molecule has 2 fully saturated rings. The van der Waals surface area contributed by atoms with E-state index in [1.54, 1.807) is 0 Å². The summed E-state index contributed by atoms with van der Waals surface area (Å²) in [5.41, 5.74) is 4.50. The highest BCUT2D eigenvalue weighted by molar-refractivity contribution is 6.07. The Kier molecular flexibility index (Phi) is 4.76. The Bertz CT molecular complexity index is 1170. The molecule has 5 nitrogen and oxygen atoms in total. The monoisotopic (exact) mass is 430 g/mol. The van der Waals surface area contributed by atoms with Crippen molar-refractivity contribution in [1.29, 1.82) is 0 Å². The van der Waals surface area contributed by atoms with E-state index in [1.807, 2.05) is 37.3 Å². The summed E-state index contributed by atoms with van der Waals surface area (Å²) < 4.78 is 12.6. The van der Waals surface area contributed by atoms with Crippen molar-refractivity contribution in [2.45, 2.75) is 57.8 Å². The summed E-state index contributed by atoms with van der Waals surface area (Å²) >= 11 is 0. The first-order valence-electron chi connectivity index (χ1n) is 11.9. The van der Waals surface area contributed by atoms with Gasteiger partial charge in [-0.05, 0) is 56.7 Å². The topological polar surface area (TPSA) is 54.6 Å². The van der Waals surface area contributed by atoms with Crippen LogP contribution in [0.3, 0.4) is 0 Å². The van der Waals surface area contributed by atoms with Gasteiger partial charge in [0.25, 0.3) is 0 Å². The molecule has 1 N–H and O–H groups in total. The Labute approximate surface area is 188 Å². The third-order valence-electron chi connectivity index (χ3n) is 7.74. The van der Waals surface area contributed by atoms with E-state index >= 15 is 0 Å². The van der Waals surface area contributed by atoms with Crippen LogP contribution in [0.15, 0.2) is 42.5 Å². The maximum Gasteiger partial charge on any atom is 0.340 e. The van der Waals surface area contributed by atoms with Gasteiger partial charge >= 0.3 is 5.97 Å². The van der Waals surface area contributed by atoms with Gasteiger partial charge in [0, 0.05) is 47.6 Å². The second kappa shape index (κ2) is 7.66. The number of aromatic amines is 1. The molecule has 2 aromatic carbocycles. The van der Waals surface area contributed by atoms with Gasteiger partial charge in [-0.1, -0.05) is 30.3 Å². The standard InChI is InChI=1S/C27H30N2O3/c1-18-24(26(30)31-17-19-8-3-2-4-9-19)25-21-16-20-10-7-15-29-14-6-5-13-27(20,29)32-23(21)12-11-22(25)28-18/h2-4,8-9,11-12,20,28H,5-7,10,13-17H2,1H3. The van der Waals surface area contributed by atoms with E-state index in [0.29, 0.717) is 11.5 Å². The van der Waals surface area contributed by atoms with Crippen LogP contribution >= 0.6 is 0 Å². The summed E-state index contributed by atoms with van der Waals surface area (Å²) in [5, 5.41) is 0.987. The molecule has 0 radical (unpaired) electrons. The van der Waals surface area contributed by atoms with E-state index in [0.717, 1.165) is 53.8 Å². The summed E-state index contributed by atoms with van der Waals surface area (Å²) in [7, 11) is 0. The molecule has 166 valence electrons. The summed E-state index contributed by atoms with van der Waals surface area (Å²) in [4.78, 5) is 19.2. The number of piperidine rings is 2. The molecule has 0 amide bonds. The van der Waals surface area contributed by atoms with E-state index in [1.165, 1.54) is 31.2 Å². The molecular formula is C27H30N2O3. The number of carbonyl (C=O) groups is 1. The van der Waals surface area contributed by atoms with Crippen molar-refractivity contribution >= 4 is 16.9 Å². The zero-order valence-electron chi connectivity index (χ0n) is 18.7. The fourth-order valence-electron chi connectivity index (χ4n) is 6.26. The van der Waals surface area contributed by atoms with Crippen LogP contribution in [0.1, 0.15) is 59.3 Å². The van der Waals surface area contributed by atoms with E-state index < -0.39 is 0 Å². The number of nitrogens with one attached hydrogen (secondary N) is 1. The molecule has 2 unspecified atom stereocenters. The summed E-state index contributed by atoms with van der Waals surface area (Å²) in [5.74, 6) is 1.14. The van der Waals surface area contributed by atoms with E-state index in [-0.39, 0.29) is 18.3 Å². The molecule has 5 heteroatoms. The number of nitrogens with zero attached hydrogens (tertiary/aromatic N) is 1. The van der Waals surface area contributed by atoms with Crippen LogP contribution in [0.2, 0.25) is 0 Å². The van der Waals surface area contributed by atoms with E-state index in [9.17, 15) is 4.79 Å².